The van der Waals surface area contributed by atoms with Crippen molar-refractivity contribution in [2.45, 2.75) is 43.7 Å². The lowest BCUT2D eigenvalue weighted by atomic mass is 10.1. The highest BCUT2D eigenvalue weighted by Crippen LogP contribution is 2.20. The highest BCUT2D eigenvalue weighted by atomic mass is 32.2. The minimum Gasteiger partial charge on any atom is -0.310 e. The van der Waals surface area contributed by atoms with E-state index in [0.717, 1.165) is 36.5 Å². The van der Waals surface area contributed by atoms with Gasteiger partial charge in [-0.3, -0.25) is 0 Å². The lowest BCUT2D eigenvalue weighted by Gasteiger charge is -2.22. The summed E-state index contributed by atoms with van der Waals surface area (Å²) in [6.45, 7) is 5.02. The fourth-order valence-electron chi connectivity index (χ4n) is 2.48. The largest absolute Gasteiger partial charge is 0.310 e. The van der Waals surface area contributed by atoms with Gasteiger partial charge in [0.25, 0.3) is 0 Å². The van der Waals surface area contributed by atoms with E-state index in [1.54, 1.807) is 12.1 Å². The van der Waals surface area contributed by atoms with E-state index in [4.69, 9.17) is 0 Å². The molecule has 2 atom stereocenters. The molecule has 1 saturated heterocycles. The van der Waals surface area contributed by atoms with Crippen LogP contribution in [-0.2, 0) is 10.0 Å². The lowest BCUT2D eigenvalue weighted by molar-refractivity contribution is 0.543. The first-order chi connectivity index (χ1) is 10.0. The highest BCUT2D eigenvalue weighted by Gasteiger charge is 2.22. The molecule has 0 aromatic heterocycles. The van der Waals surface area contributed by atoms with Crippen molar-refractivity contribution in [3.05, 3.63) is 29.8 Å². The molecule has 1 aliphatic rings. The summed E-state index contributed by atoms with van der Waals surface area (Å²) in [4.78, 5) is 0.352. The molecular formula is C15H24N2O2S2. The van der Waals surface area contributed by atoms with Gasteiger partial charge >= 0.3 is 0 Å². The number of benzene rings is 1. The third-order valence-electron chi connectivity index (χ3n) is 3.68. The van der Waals surface area contributed by atoms with E-state index >= 15 is 0 Å². The van der Waals surface area contributed by atoms with E-state index in [2.05, 4.69) is 23.9 Å². The Kier molecular flexibility index (Phi) is 6.10. The number of nitrogens with one attached hydrogen (secondary N) is 2. The van der Waals surface area contributed by atoms with Crippen molar-refractivity contribution in [3.8, 4) is 0 Å². The maximum Gasteiger partial charge on any atom is 0.240 e. The van der Waals surface area contributed by atoms with Gasteiger partial charge in [0.2, 0.25) is 10.0 Å². The van der Waals surface area contributed by atoms with Crippen molar-refractivity contribution in [2.75, 3.05) is 18.1 Å². The third kappa shape index (κ3) is 4.71. The molecule has 0 bridgehead atoms. The average molecular weight is 329 g/mol. The molecule has 6 heteroatoms. The smallest absolute Gasteiger partial charge is 0.240 e. The summed E-state index contributed by atoms with van der Waals surface area (Å²) in [6.07, 6.45) is 2.01. The van der Waals surface area contributed by atoms with Crippen molar-refractivity contribution in [1.29, 1.82) is 0 Å². The van der Waals surface area contributed by atoms with Gasteiger partial charge in [-0.2, -0.15) is 11.8 Å². The van der Waals surface area contributed by atoms with E-state index in [-0.39, 0.29) is 12.1 Å². The van der Waals surface area contributed by atoms with Crippen LogP contribution in [0.1, 0.15) is 38.3 Å². The molecule has 1 fully saturated rings. The normalized spacial score (nSPS) is 21.1. The van der Waals surface area contributed by atoms with Crippen molar-refractivity contribution >= 4 is 21.8 Å². The second kappa shape index (κ2) is 7.63. The fourth-order valence-corrected chi connectivity index (χ4v) is 4.93. The Labute approximate surface area is 132 Å². The minimum atomic E-state index is -3.40. The Balaban J connectivity index is 2.05. The number of hydrogen-bond donors (Lipinski definition) is 2. The minimum absolute atomic E-state index is 0.0640. The monoisotopic (exact) mass is 328 g/mol. The zero-order valence-corrected chi connectivity index (χ0v) is 14.3. The summed E-state index contributed by atoms with van der Waals surface area (Å²) in [7, 11) is -3.40. The summed E-state index contributed by atoms with van der Waals surface area (Å²) in [5, 5.41) is 3.32. The topological polar surface area (TPSA) is 58.2 Å². The van der Waals surface area contributed by atoms with E-state index in [1.807, 2.05) is 23.9 Å². The maximum absolute atomic E-state index is 12.4. The first kappa shape index (κ1) is 16.8. The summed E-state index contributed by atoms with van der Waals surface area (Å²) < 4.78 is 27.6. The molecule has 0 radical (unpaired) electrons. The van der Waals surface area contributed by atoms with Gasteiger partial charge in [-0.15, -0.1) is 0 Å². The van der Waals surface area contributed by atoms with Crippen LogP contribution in [0.3, 0.4) is 0 Å². The second-order valence-corrected chi connectivity index (χ2v) is 8.25. The van der Waals surface area contributed by atoms with Crippen LogP contribution in [0.5, 0.6) is 0 Å². The molecule has 2 N–H and O–H groups in total. The third-order valence-corrected chi connectivity index (χ3v) is 6.43. The number of rotatable bonds is 6. The molecule has 1 heterocycles. The molecule has 21 heavy (non-hydrogen) atoms. The number of sulfonamides is 1. The molecule has 0 amide bonds. The van der Waals surface area contributed by atoms with E-state index in [0.29, 0.717) is 4.90 Å². The Morgan fingerprint density at radius 2 is 2.05 bits per heavy atom. The van der Waals surface area contributed by atoms with Gasteiger partial charge in [-0.05, 0) is 49.8 Å². The van der Waals surface area contributed by atoms with Crippen molar-refractivity contribution < 1.29 is 8.42 Å². The first-order valence-electron chi connectivity index (χ1n) is 7.46. The first-order valence-corrected chi connectivity index (χ1v) is 10.1. The Morgan fingerprint density at radius 1 is 1.33 bits per heavy atom. The molecule has 2 unspecified atom stereocenters. The lowest BCUT2D eigenvalue weighted by Crippen LogP contribution is -2.38. The van der Waals surface area contributed by atoms with Gasteiger partial charge in [-0.1, -0.05) is 19.1 Å². The SMILES string of the molecule is CCNC(C)c1ccc(S(=O)(=O)NC2CCCSC2)cc1. The van der Waals surface area contributed by atoms with Gasteiger partial charge in [0.05, 0.1) is 4.90 Å². The van der Waals surface area contributed by atoms with Gasteiger partial charge in [0.1, 0.15) is 0 Å². The predicted molar refractivity (Wildman–Crippen MR) is 89.2 cm³/mol. The van der Waals surface area contributed by atoms with E-state index in [1.165, 1.54) is 0 Å². The maximum atomic E-state index is 12.4. The van der Waals surface area contributed by atoms with Gasteiger partial charge in [0, 0.05) is 17.8 Å². The van der Waals surface area contributed by atoms with Crippen LogP contribution < -0.4 is 10.0 Å². The van der Waals surface area contributed by atoms with E-state index < -0.39 is 10.0 Å². The number of thioether (sulfide) groups is 1. The zero-order valence-electron chi connectivity index (χ0n) is 12.6. The number of hydrogen-bond acceptors (Lipinski definition) is 4. The summed E-state index contributed by atoms with van der Waals surface area (Å²) in [5.74, 6) is 2.00. The molecule has 1 aliphatic heterocycles. The van der Waals surface area contributed by atoms with Crippen LogP contribution in [0.15, 0.2) is 29.2 Å². The summed E-state index contributed by atoms with van der Waals surface area (Å²) in [6, 6.07) is 7.46. The highest BCUT2D eigenvalue weighted by molar-refractivity contribution is 7.99. The fraction of sp³-hybridized carbons (Fsp3) is 0.600. The van der Waals surface area contributed by atoms with Gasteiger partial charge in [0.15, 0.2) is 0 Å². The van der Waals surface area contributed by atoms with Crippen molar-refractivity contribution in [3.63, 3.8) is 0 Å². The molecule has 2 rings (SSSR count). The molecule has 4 nitrogen and oxygen atoms in total. The van der Waals surface area contributed by atoms with Crippen LogP contribution in [0, 0.1) is 0 Å². The average Bonchev–Trinajstić information content (AvgIpc) is 2.48. The predicted octanol–water partition coefficient (Wildman–Crippen LogP) is 2.53. The molecular weight excluding hydrogens is 304 g/mol. The van der Waals surface area contributed by atoms with Crippen LogP contribution in [-0.4, -0.2) is 32.5 Å². The molecule has 0 spiro atoms. The second-order valence-electron chi connectivity index (χ2n) is 5.38. The Hall–Kier alpha value is -0.560. The zero-order chi connectivity index (χ0) is 15.3. The summed E-state index contributed by atoms with van der Waals surface area (Å²) >= 11 is 1.82. The van der Waals surface area contributed by atoms with Crippen molar-refractivity contribution in [1.82, 2.24) is 10.0 Å². The molecule has 0 saturated carbocycles. The molecule has 1 aromatic carbocycles. The Morgan fingerprint density at radius 3 is 2.62 bits per heavy atom. The standard InChI is InChI=1S/C15H24N2O2S2/c1-3-16-12(2)13-6-8-15(9-7-13)21(18,19)17-14-5-4-10-20-11-14/h6-9,12,14,16-17H,3-5,10-11H2,1-2H3. The molecule has 0 aliphatic carbocycles. The quantitative estimate of drug-likeness (QED) is 0.842. The van der Waals surface area contributed by atoms with Crippen LogP contribution in [0.25, 0.3) is 0 Å². The van der Waals surface area contributed by atoms with Crippen LogP contribution >= 0.6 is 11.8 Å². The molecule has 1 aromatic rings. The van der Waals surface area contributed by atoms with Gasteiger partial charge in [-0.25, -0.2) is 13.1 Å². The van der Waals surface area contributed by atoms with Crippen molar-refractivity contribution in [2.24, 2.45) is 0 Å². The summed E-state index contributed by atoms with van der Waals surface area (Å²) in [5.41, 5.74) is 1.10. The Bertz CT molecular complexity index is 537. The van der Waals surface area contributed by atoms with Crippen LogP contribution in [0.2, 0.25) is 0 Å². The van der Waals surface area contributed by atoms with Gasteiger partial charge < -0.3 is 5.32 Å². The van der Waals surface area contributed by atoms with E-state index in [9.17, 15) is 8.42 Å². The molecule has 118 valence electrons. The van der Waals surface area contributed by atoms with Crippen LogP contribution in [0.4, 0.5) is 0 Å².